The maximum absolute atomic E-state index is 9.28. The first-order valence-electron chi connectivity index (χ1n) is 6.60. The van der Waals surface area contributed by atoms with Crippen LogP contribution in [0.3, 0.4) is 0 Å². The van der Waals surface area contributed by atoms with Crippen molar-refractivity contribution in [2.45, 2.75) is 0 Å². The Hall–Kier alpha value is -2.99. The summed E-state index contributed by atoms with van der Waals surface area (Å²) >= 11 is 0. The van der Waals surface area contributed by atoms with E-state index in [0.717, 1.165) is 27.6 Å². The van der Waals surface area contributed by atoms with Crippen LogP contribution in [0.1, 0.15) is 5.56 Å². The second-order valence-electron chi connectivity index (χ2n) is 4.77. The van der Waals surface area contributed by atoms with Crippen molar-refractivity contribution in [2.75, 3.05) is 12.8 Å². The molecule has 3 rings (SSSR count). The first-order chi connectivity index (χ1) is 10.2. The number of nitrogen functional groups attached to an aromatic ring is 1. The van der Waals surface area contributed by atoms with Gasteiger partial charge in [0.2, 0.25) is 0 Å². The lowest BCUT2D eigenvalue weighted by atomic mass is 9.94. The van der Waals surface area contributed by atoms with Gasteiger partial charge in [-0.15, -0.1) is 0 Å². The zero-order chi connectivity index (χ0) is 14.8. The minimum atomic E-state index is 0.500. The Morgan fingerprint density at radius 1 is 1.00 bits per heavy atom. The fourth-order valence-electron chi connectivity index (χ4n) is 2.50. The highest BCUT2D eigenvalue weighted by atomic mass is 16.5. The number of ether oxygens (including phenoxy) is 1. The van der Waals surface area contributed by atoms with E-state index in [1.54, 1.807) is 7.11 Å². The van der Waals surface area contributed by atoms with Gasteiger partial charge in [-0.1, -0.05) is 36.4 Å². The maximum Gasteiger partial charge on any atom is 0.118 e. The van der Waals surface area contributed by atoms with Crippen LogP contribution in [0, 0.1) is 11.3 Å². The fourth-order valence-corrected chi connectivity index (χ4v) is 2.50. The SMILES string of the molecule is COc1ccc(-c2cc(C#N)c(N)c3ccccc23)cc1. The summed E-state index contributed by atoms with van der Waals surface area (Å²) < 4.78 is 5.18. The predicted octanol–water partition coefficient (Wildman–Crippen LogP) is 3.97. The Morgan fingerprint density at radius 3 is 2.29 bits per heavy atom. The van der Waals surface area contributed by atoms with Gasteiger partial charge in [0.05, 0.1) is 18.4 Å². The summed E-state index contributed by atoms with van der Waals surface area (Å²) in [5.74, 6) is 0.805. The van der Waals surface area contributed by atoms with Crippen LogP contribution in [0.2, 0.25) is 0 Å². The van der Waals surface area contributed by atoms with Crippen molar-refractivity contribution >= 4 is 16.5 Å². The molecule has 3 heteroatoms. The second-order valence-corrected chi connectivity index (χ2v) is 4.77. The van der Waals surface area contributed by atoms with E-state index >= 15 is 0 Å². The molecule has 102 valence electrons. The Labute approximate surface area is 123 Å². The molecule has 2 N–H and O–H groups in total. The number of nitriles is 1. The number of methoxy groups -OCH3 is 1. The Balaban J connectivity index is 2.31. The van der Waals surface area contributed by atoms with Gasteiger partial charge in [0.25, 0.3) is 0 Å². The topological polar surface area (TPSA) is 59.0 Å². The van der Waals surface area contributed by atoms with E-state index in [1.165, 1.54) is 0 Å². The minimum Gasteiger partial charge on any atom is -0.497 e. The van der Waals surface area contributed by atoms with Crippen molar-refractivity contribution < 1.29 is 4.74 Å². The summed E-state index contributed by atoms with van der Waals surface area (Å²) in [7, 11) is 1.64. The number of anilines is 1. The molecule has 0 saturated heterocycles. The number of nitrogens with zero attached hydrogens (tertiary/aromatic N) is 1. The number of rotatable bonds is 2. The first-order valence-corrected chi connectivity index (χ1v) is 6.60. The van der Waals surface area contributed by atoms with Crippen molar-refractivity contribution in [3.8, 4) is 22.9 Å². The zero-order valence-electron chi connectivity index (χ0n) is 11.6. The molecule has 3 aromatic rings. The number of hydrogen-bond acceptors (Lipinski definition) is 3. The monoisotopic (exact) mass is 274 g/mol. The lowest BCUT2D eigenvalue weighted by Gasteiger charge is -2.11. The molecule has 0 aromatic heterocycles. The molecule has 0 radical (unpaired) electrons. The third-order valence-electron chi connectivity index (χ3n) is 3.61. The van der Waals surface area contributed by atoms with Gasteiger partial charge in [-0.2, -0.15) is 5.26 Å². The van der Waals surface area contributed by atoms with Crippen molar-refractivity contribution in [2.24, 2.45) is 0 Å². The van der Waals surface area contributed by atoms with Gasteiger partial charge < -0.3 is 10.5 Å². The predicted molar refractivity (Wildman–Crippen MR) is 85.1 cm³/mol. The quantitative estimate of drug-likeness (QED) is 0.719. The van der Waals surface area contributed by atoms with Crippen LogP contribution >= 0.6 is 0 Å². The average molecular weight is 274 g/mol. The molecule has 0 spiro atoms. The van der Waals surface area contributed by atoms with E-state index in [4.69, 9.17) is 10.5 Å². The van der Waals surface area contributed by atoms with Crippen molar-refractivity contribution in [1.82, 2.24) is 0 Å². The van der Waals surface area contributed by atoms with Crippen molar-refractivity contribution in [3.05, 3.63) is 60.2 Å². The van der Waals surface area contributed by atoms with Crippen LogP contribution < -0.4 is 10.5 Å². The van der Waals surface area contributed by atoms with Crippen LogP contribution in [-0.2, 0) is 0 Å². The van der Waals surface area contributed by atoms with E-state index in [1.807, 2.05) is 54.6 Å². The van der Waals surface area contributed by atoms with Gasteiger partial charge in [-0.25, -0.2) is 0 Å². The molecule has 0 saturated carbocycles. The second kappa shape index (κ2) is 5.18. The number of hydrogen-bond donors (Lipinski definition) is 1. The highest BCUT2D eigenvalue weighted by Gasteiger charge is 2.10. The molecule has 0 fully saturated rings. The zero-order valence-corrected chi connectivity index (χ0v) is 11.6. The van der Waals surface area contributed by atoms with E-state index in [2.05, 4.69) is 6.07 Å². The number of nitrogens with two attached hydrogens (primary N) is 1. The third kappa shape index (κ3) is 2.17. The molecule has 0 atom stereocenters. The molecular formula is C18H14N2O. The van der Waals surface area contributed by atoms with Gasteiger partial charge >= 0.3 is 0 Å². The molecule has 0 aliphatic heterocycles. The average Bonchev–Trinajstić information content (AvgIpc) is 2.56. The molecule has 3 aromatic carbocycles. The fraction of sp³-hybridized carbons (Fsp3) is 0.0556. The minimum absolute atomic E-state index is 0.500. The van der Waals surface area contributed by atoms with Crippen LogP contribution in [0.25, 0.3) is 21.9 Å². The molecule has 0 bridgehead atoms. The number of fused-ring (bicyclic) bond motifs is 1. The third-order valence-corrected chi connectivity index (χ3v) is 3.61. The first kappa shape index (κ1) is 13.0. The lowest BCUT2D eigenvalue weighted by Crippen LogP contribution is -1.94. The van der Waals surface area contributed by atoms with E-state index in [-0.39, 0.29) is 0 Å². The van der Waals surface area contributed by atoms with E-state index in [9.17, 15) is 5.26 Å². The Morgan fingerprint density at radius 2 is 1.67 bits per heavy atom. The Kier molecular flexibility index (Phi) is 3.21. The molecular weight excluding hydrogens is 260 g/mol. The molecule has 0 amide bonds. The van der Waals surface area contributed by atoms with Crippen LogP contribution in [0.4, 0.5) is 5.69 Å². The van der Waals surface area contributed by atoms with Crippen LogP contribution in [0.5, 0.6) is 5.75 Å². The lowest BCUT2D eigenvalue weighted by molar-refractivity contribution is 0.415. The summed E-state index contributed by atoms with van der Waals surface area (Å²) in [5, 5.41) is 11.2. The highest BCUT2D eigenvalue weighted by Crippen LogP contribution is 2.35. The molecule has 0 aliphatic carbocycles. The van der Waals surface area contributed by atoms with Crippen LogP contribution in [-0.4, -0.2) is 7.11 Å². The van der Waals surface area contributed by atoms with Crippen LogP contribution in [0.15, 0.2) is 54.6 Å². The summed E-state index contributed by atoms with van der Waals surface area (Å²) in [4.78, 5) is 0. The largest absolute Gasteiger partial charge is 0.497 e. The van der Waals surface area contributed by atoms with Gasteiger partial charge in [-0.3, -0.25) is 0 Å². The smallest absolute Gasteiger partial charge is 0.118 e. The molecule has 0 unspecified atom stereocenters. The van der Waals surface area contributed by atoms with E-state index in [0.29, 0.717) is 11.3 Å². The normalized spacial score (nSPS) is 10.3. The summed E-state index contributed by atoms with van der Waals surface area (Å²) in [6.07, 6.45) is 0. The maximum atomic E-state index is 9.28. The van der Waals surface area contributed by atoms with Gasteiger partial charge in [0, 0.05) is 5.39 Å². The summed E-state index contributed by atoms with van der Waals surface area (Å²) in [5.41, 5.74) is 9.14. The van der Waals surface area contributed by atoms with Crippen molar-refractivity contribution in [3.63, 3.8) is 0 Å². The van der Waals surface area contributed by atoms with Crippen molar-refractivity contribution in [1.29, 1.82) is 5.26 Å². The standard InChI is InChI=1S/C18H14N2O/c1-21-14-8-6-12(7-9-14)17-10-13(11-19)18(20)16-5-3-2-4-15(16)17/h2-10H,20H2,1H3. The summed E-state index contributed by atoms with van der Waals surface area (Å²) in [6, 6.07) is 19.7. The summed E-state index contributed by atoms with van der Waals surface area (Å²) in [6.45, 7) is 0. The van der Waals surface area contributed by atoms with E-state index < -0.39 is 0 Å². The highest BCUT2D eigenvalue weighted by molar-refractivity contribution is 6.04. The molecule has 0 heterocycles. The van der Waals surface area contributed by atoms with Gasteiger partial charge in [-0.05, 0) is 34.7 Å². The van der Waals surface area contributed by atoms with Gasteiger partial charge in [0.1, 0.15) is 11.8 Å². The molecule has 0 aliphatic rings. The Bertz CT molecular complexity index is 845. The van der Waals surface area contributed by atoms with Gasteiger partial charge in [0.15, 0.2) is 0 Å². The molecule has 21 heavy (non-hydrogen) atoms. The molecule has 3 nitrogen and oxygen atoms in total. The number of benzene rings is 3.